The second-order valence-electron chi connectivity index (χ2n) is 5.90. The van der Waals surface area contributed by atoms with Gasteiger partial charge in [-0.05, 0) is 62.4 Å². The predicted molar refractivity (Wildman–Crippen MR) is 100 cm³/mol. The second kappa shape index (κ2) is 7.01. The minimum atomic E-state index is -0.0921. The van der Waals surface area contributed by atoms with Crippen molar-refractivity contribution in [2.24, 2.45) is 0 Å². The fourth-order valence-electron chi connectivity index (χ4n) is 2.63. The molecule has 0 radical (unpaired) electrons. The minimum Gasteiger partial charge on any atom is -0.356 e. The standard InChI is InChI=1S/C21H20N2O/c1-15-12-16(2)14-17(13-15)21(24)23-20-10-8-19(9-11-20)22-18-6-4-3-5-7-18/h3-14,22H,1-2H3,(H,23,24). The third kappa shape index (κ3) is 4.02. The molecule has 24 heavy (non-hydrogen) atoms. The van der Waals surface area contributed by atoms with Crippen LogP contribution < -0.4 is 10.6 Å². The van der Waals surface area contributed by atoms with E-state index >= 15 is 0 Å². The second-order valence-corrected chi connectivity index (χ2v) is 5.90. The molecule has 0 bridgehead atoms. The van der Waals surface area contributed by atoms with E-state index < -0.39 is 0 Å². The zero-order chi connectivity index (χ0) is 16.9. The molecule has 0 aromatic heterocycles. The molecule has 0 heterocycles. The van der Waals surface area contributed by atoms with Crippen LogP contribution in [0.3, 0.4) is 0 Å². The van der Waals surface area contributed by atoms with E-state index in [9.17, 15) is 4.79 Å². The molecule has 3 heteroatoms. The van der Waals surface area contributed by atoms with Crippen molar-refractivity contribution in [3.63, 3.8) is 0 Å². The minimum absolute atomic E-state index is 0.0921. The van der Waals surface area contributed by atoms with E-state index in [4.69, 9.17) is 0 Å². The number of rotatable bonds is 4. The molecular weight excluding hydrogens is 296 g/mol. The molecule has 0 unspecified atom stereocenters. The number of hydrogen-bond donors (Lipinski definition) is 2. The average Bonchev–Trinajstić information content (AvgIpc) is 2.57. The topological polar surface area (TPSA) is 41.1 Å². The number of anilines is 3. The van der Waals surface area contributed by atoms with Crippen molar-refractivity contribution in [2.75, 3.05) is 10.6 Å². The van der Waals surface area contributed by atoms with E-state index in [1.54, 1.807) is 0 Å². The Morgan fingerprint density at radius 2 is 1.25 bits per heavy atom. The van der Waals surface area contributed by atoms with Crippen molar-refractivity contribution in [2.45, 2.75) is 13.8 Å². The van der Waals surface area contributed by atoms with Crippen LogP contribution in [0.25, 0.3) is 0 Å². The Kier molecular flexibility index (Phi) is 4.62. The van der Waals surface area contributed by atoms with Crippen LogP contribution in [0.1, 0.15) is 21.5 Å². The van der Waals surface area contributed by atoms with Gasteiger partial charge in [0.2, 0.25) is 0 Å². The molecular formula is C21H20N2O. The Hall–Kier alpha value is -3.07. The molecule has 0 saturated heterocycles. The average molecular weight is 316 g/mol. The van der Waals surface area contributed by atoms with Gasteiger partial charge in [0.1, 0.15) is 0 Å². The lowest BCUT2D eigenvalue weighted by Crippen LogP contribution is -2.12. The first-order valence-corrected chi connectivity index (χ1v) is 7.92. The van der Waals surface area contributed by atoms with E-state index in [0.29, 0.717) is 5.56 Å². The molecule has 120 valence electrons. The number of carbonyl (C=O) groups excluding carboxylic acids is 1. The Morgan fingerprint density at radius 3 is 1.88 bits per heavy atom. The first-order chi connectivity index (χ1) is 11.6. The van der Waals surface area contributed by atoms with Gasteiger partial charge in [-0.15, -0.1) is 0 Å². The lowest BCUT2D eigenvalue weighted by atomic mass is 10.1. The van der Waals surface area contributed by atoms with E-state index in [1.165, 1.54) is 0 Å². The van der Waals surface area contributed by atoms with Gasteiger partial charge in [-0.1, -0.05) is 35.4 Å². The normalized spacial score (nSPS) is 10.2. The zero-order valence-electron chi connectivity index (χ0n) is 13.8. The highest BCUT2D eigenvalue weighted by Crippen LogP contribution is 2.19. The summed E-state index contributed by atoms with van der Waals surface area (Å²) in [6.45, 7) is 3.99. The van der Waals surface area contributed by atoms with E-state index in [-0.39, 0.29) is 5.91 Å². The molecule has 3 aromatic rings. The third-order valence-corrected chi connectivity index (χ3v) is 3.69. The number of para-hydroxylation sites is 1. The summed E-state index contributed by atoms with van der Waals surface area (Å²) in [5.74, 6) is -0.0921. The third-order valence-electron chi connectivity index (χ3n) is 3.69. The zero-order valence-corrected chi connectivity index (χ0v) is 13.8. The molecule has 0 aliphatic heterocycles. The monoisotopic (exact) mass is 316 g/mol. The molecule has 3 nitrogen and oxygen atoms in total. The van der Waals surface area contributed by atoms with E-state index in [0.717, 1.165) is 28.2 Å². The maximum absolute atomic E-state index is 12.4. The maximum atomic E-state index is 12.4. The van der Waals surface area contributed by atoms with Crippen LogP contribution in [0, 0.1) is 13.8 Å². The number of carbonyl (C=O) groups is 1. The smallest absolute Gasteiger partial charge is 0.255 e. The lowest BCUT2D eigenvalue weighted by Gasteiger charge is -2.09. The van der Waals surface area contributed by atoms with Gasteiger partial charge in [-0.25, -0.2) is 0 Å². The summed E-state index contributed by atoms with van der Waals surface area (Å²) in [7, 11) is 0. The molecule has 3 aromatic carbocycles. The van der Waals surface area contributed by atoms with Gasteiger partial charge in [-0.2, -0.15) is 0 Å². The first kappa shape index (κ1) is 15.8. The molecule has 0 saturated carbocycles. The van der Waals surface area contributed by atoms with Crippen LogP contribution in [0.2, 0.25) is 0 Å². The van der Waals surface area contributed by atoms with Gasteiger partial charge >= 0.3 is 0 Å². The summed E-state index contributed by atoms with van der Waals surface area (Å²) < 4.78 is 0. The quantitative estimate of drug-likeness (QED) is 0.686. The molecule has 0 aliphatic carbocycles. The molecule has 1 amide bonds. The molecule has 0 spiro atoms. The largest absolute Gasteiger partial charge is 0.356 e. The molecule has 3 rings (SSSR count). The number of aryl methyl sites for hydroxylation is 2. The Bertz CT molecular complexity index is 819. The summed E-state index contributed by atoms with van der Waals surface area (Å²) in [5.41, 5.74) is 5.64. The molecule has 0 atom stereocenters. The van der Waals surface area contributed by atoms with Crippen LogP contribution in [0.5, 0.6) is 0 Å². The SMILES string of the molecule is Cc1cc(C)cc(C(=O)Nc2ccc(Nc3ccccc3)cc2)c1. The summed E-state index contributed by atoms with van der Waals surface area (Å²) in [5, 5.41) is 6.26. The van der Waals surface area contributed by atoms with Crippen LogP contribution in [0.15, 0.2) is 72.8 Å². The fourth-order valence-corrected chi connectivity index (χ4v) is 2.63. The van der Waals surface area contributed by atoms with Crippen molar-refractivity contribution >= 4 is 23.0 Å². The van der Waals surface area contributed by atoms with Crippen molar-refractivity contribution in [1.29, 1.82) is 0 Å². The van der Waals surface area contributed by atoms with Gasteiger partial charge in [0.05, 0.1) is 0 Å². The van der Waals surface area contributed by atoms with E-state index in [2.05, 4.69) is 16.7 Å². The van der Waals surface area contributed by atoms with Crippen molar-refractivity contribution in [3.05, 3.63) is 89.5 Å². The summed E-state index contributed by atoms with van der Waals surface area (Å²) in [6, 6.07) is 23.5. The predicted octanol–water partition coefficient (Wildman–Crippen LogP) is 5.30. The highest BCUT2D eigenvalue weighted by molar-refractivity contribution is 6.04. The first-order valence-electron chi connectivity index (χ1n) is 7.92. The van der Waals surface area contributed by atoms with Gasteiger partial charge in [-0.3, -0.25) is 4.79 Å². The number of nitrogens with one attached hydrogen (secondary N) is 2. The molecule has 2 N–H and O–H groups in total. The summed E-state index contributed by atoms with van der Waals surface area (Å²) >= 11 is 0. The highest BCUT2D eigenvalue weighted by atomic mass is 16.1. The van der Waals surface area contributed by atoms with Crippen LogP contribution in [-0.2, 0) is 0 Å². The van der Waals surface area contributed by atoms with Gasteiger partial charge in [0, 0.05) is 22.6 Å². The van der Waals surface area contributed by atoms with Crippen molar-refractivity contribution < 1.29 is 4.79 Å². The number of hydrogen-bond acceptors (Lipinski definition) is 2. The maximum Gasteiger partial charge on any atom is 0.255 e. The van der Waals surface area contributed by atoms with Crippen molar-refractivity contribution in [1.82, 2.24) is 0 Å². The number of benzene rings is 3. The highest BCUT2D eigenvalue weighted by Gasteiger charge is 2.07. The van der Waals surface area contributed by atoms with Crippen molar-refractivity contribution in [3.8, 4) is 0 Å². The van der Waals surface area contributed by atoms with Crippen LogP contribution in [0.4, 0.5) is 17.1 Å². The fraction of sp³-hybridized carbons (Fsp3) is 0.0952. The summed E-state index contributed by atoms with van der Waals surface area (Å²) in [6.07, 6.45) is 0. The lowest BCUT2D eigenvalue weighted by molar-refractivity contribution is 0.102. The van der Waals surface area contributed by atoms with Gasteiger partial charge < -0.3 is 10.6 Å². The Balaban J connectivity index is 1.68. The molecule has 0 aliphatic rings. The van der Waals surface area contributed by atoms with E-state index in [1.807, 2.05) is 80.6 Å². The molecule has 0 fully saturated rings. The Labute approximate surface area is 142 Å². The Morgan fingerprint density at radius 1 is 0.708 bits per heavy atom. The van der Waals surface area contributed by atoms with Crippen LogP contribution >= 0.6 is 0 Å². The number of amides is 1. The van der Waals surface area contributed by atoms with Gasteiger partial charge in [0.15, 0.2) is 0 Å². The van der Waals surface area contributed by atoms with Gasteiger partial charge in [0.25, 0.3) is 5.91 Å². The van der Waals surface area contributed by atoms with Crippen LogP contribution in [-0.4, -0.2) is 5.91 Å². The summed E-state index contributed by atoms with van der Waals surface area (Å²) in [4.78, 5) is 12.4.